The number of benzene rings is 1. The van der Waals surface area contributed by atoms with E-state index in [2.05, 4.69) is 35.1 Å². The highest BCUT2D eigenvalue weighted by Gasteiger charge is 2.29. The molecule has 27 heavy (non-hydrogen) atoms. The van der Waals surface area contributed by atoms with E-state index in [0.717, 1.165) is 27.3 Å². The van der Waals surface area contributed by atoms with Gasteiger partial charge in [0.05, 0.1) is 0 Å². The van der Waals surface area contributed by atoms with E-state index in [4.69, 9.17) is 5.11 Å². The third kappa shape index (κ3) is 6.35. The Balaban J connectivity index is 2.19. The second-order valence-electron chi connectivity index (χ2n) is 6.16. The maximum Gasteiger partial charge on any atom is 0.325 e. The number of hydrogen-bond donors (Lipinski definition) is 2. The Kier molecular flexibility index (Phi) is 8.80. The van der Waals surface area contributed by atoms with Gasteiger partial charge in [-0.1, -0.05) is 50.8 Å². The van der Waals surface area contributed by atoms with Gasteiger partial charge in [-0.25, -0.2) is 4.68 Å². The zero-order chi connectivity index (χ0) is 19.6. The van der Waals surface area contributed by atoms with Gasteiger partial charge in [-0.2, -0.15) is 0 Å². The first kappa shape index (κ1) is 21.4. The molecular weight excluding hydrogens is 384 g/mol. The molecule has 0 amide bonds. The Bertz CT molecular complexity index is 767. The van der Waals surface area contributed by atoms with E-state index in [1.807, 2.05) is 24.3 Å². The molecule has 0 bridgehead atoms. The number of thioether (sulfide) groups is 1. The van der Waals surface area contributed by atoms with Crippen molar-refractivity contribution in [3.63, 3.8) is 0 Å². The van der Waals surface area contributed by atoms with Gasteiger partial charge in [-0.3, -0.25) is 9.59 Å². The van der Waals surface area contributed by atoms with Crippen molar-refractivity contribution < 1.29 is 14.7 Å². The maximum absolute atomic E-state index is 12.3. The number of tetrazole rings is 1. The molecule has 0 saturated heterocycles. The van der Waals surface area contributed by atoms with Crippen molar-refractivity contribution in [1.82, 2.24) is 20.2 Å². The maximum atomic E-state index is 12.3. The first-order valence-corrected chi connectivity index (χ1v) is 10.4. The van der Waals surface area contributed by atoms with Crippen LogP contribution < -0.4 is 0 Å². The number of nitrogens with zero attached hydrogens (tertiary/aromatic N) is 4. The number of carbonyl (C=O) groups excluding carboxylic acids is 1. The van der Waals surface area contributed by atoms with Gasteiger partial charge in [0.25, 0.3) is 0 Å². The van der Waals surface area contributed by atoms with Gasteiger partial charge >= 0.3 is 5.97 Å². The van der Waals surface area contributed by atoms with Crippen LogP contribution in [0.1, 0.15) is 56.3 Å². The van der Waals surface area contributed by atoms with Crippen LogP contribution >= 0.6 is 24.4 Å². The summed E-state index contributed by atoms with van der Waals surface area (Å²) in [6.07, 6.45) is 6.00. The van der Waals surface area contributed by atoms with E-state index < -0.39 is 23.5 Å². The first-order valence-electron chi connectivity index (χ1n) is 8.97. The lowest BCUT2D eigenvalue weighted by molar-refractivity contribution is -0.138. The largest absolute Gasteiger partial charge is 0.480 e. The van der Waals surface area contributed by atoms with Gasteiger partial charge in [-0.15, -0.1) is 29.5 Å². The summed E-state index contributed by atoms with van der Waals surface area (Å²) in [5.41, 5.74) is 0.748. The minimum absolute atomic E-state index is 0.188. The van der Waals surface area contributed by atoms with E-state index in [1.165, 1.54) is 25.7 Å². The molecule has 1 aromatic carbocycles. The topological polar surface area (TPSA) is 98.0 Å². The summed E-state index contributed by atoms with van der Waals surface area (Å²) in [6, 6.07) is 7.57. The Morgan fingerprint density at radius 1 is 1.22 bits per heavy atom. The smallest absolute Gasteiger partial charge is 0.325 e. The number of carbonyl (C=O) groups is 2. The fourth-order valence-electron chi connectivity index (χ4n) is 2.78. The van der Waals surface area contributed by atoms with Crippen LogP contribution in [-0.4, -0.2) is 42.2 Å². The molecule has 146 valence electrons. The predicted molar refractivity (Wildman–Crippen MR) is 107 cm³/mol. The van der Waals surface area contributed by atoms with Gasteiger partial charge in [-0.05, 0) is 34.2 Å². The van der Waals surface area contributed by atoms with Crippen LogP contribution in [0.15, 0.2) is 29.2 Å². The molecule has 7 nitrogen and oxygen atoms in total. The van der Waals surface area contributed by atoms with Crippen LogP contribution in [0, 0.1) is 0 Å². The van der Waals surface area contributed by atoms with Crippen LogP contribution in [0.4, 0.5) is 0 Å². The van der Waals surface area contributed by atoms with E-state index in [-0.39, 0.29) is 5.82 Å². The summed E-state index contributed by atoms with van der Waals surface area (Å²) in [5, 5.41) is 19.8. The van der Waals surface area contributed by atoms with Crippen LogP contribution in [0.3, 0.4) is 0 Å². The number of unbranched alkanes of at least 4 members (excludes halogenated alkanes) is 4. The third-order valence-electron chi connectivity index (χ3n) is 4.09. The lowest BCUT2D eigenvalue weighted by Gasteiger charge is -2.16. The molecule has 1 N–H and O–H groups in total. The Labute approximate surface area is 168 Å². The molecule has 2 aromatic rings. The van der Waals surface area contributed by atoms with Crippen LogP contribution in [0.5, 0.6) is 0 Å². The van der Waals surface area contributed by atoms with E-state index in [9.17, 15) is 9.59 Å². The molecule has 0 radical (unpaired) electrons. The quantitative estimate of drug-likeness (QED) is 0.315. The number of hydrogen-bond acceptors (Lipinski definition) is 6. The average Bonchev–Trinajstić information content (AvgIpc) is 3.06. The number of rotatable bonds is 12. The third-order valence-corrected chi connectivity index (χ3v) is 5.52. The van der Waals surface area contributed by atoms with Crippen molar-refractivity contribution in [2.24, 2.45) is 0 Å². The van der Waals surface area contributed by atoms with Crippen molar-refractivity contribution in [3.8, 4) is 0 Å². The molecule has 2 rings (SSSR count). The Morgan fingerprint density at radius 2 is 1.96 bits per heavy atom. The second kappa shape index (κ2) is 11.1. The molecule has 1 aromatic heterocycles. The predicted octanol–water partition coefficient (Wildman–Crippen LogP) is 3.41. The molecule has 0 spiro atoms. The summed E-state index contributed by atoms with van der Waals surface area (Å²) >= 11 is 5.71. The molecule has 1 atom stereocenters. The molecule has 1 heterocycles. The van der Waals surface area contributed by atoms with Crippen LogP contribution in [-0.2, 0) is 16.1 Å². The number of aliphatic carboxylic acids is 1. The SMILES string of the molecule is CCCCCCCSc1ccccc1C(C(=O)S)c1nnnn1CC(=O)O. The van der Waals surface area contributed by atoms with Gasteiger partial charge in [0, 0.05) is 4.90 Å². The summed E-state index contributed by atoms with van der Waals surface area (Å²) in [7, 11) is 0. The van der Waals surface area contributed by atoms with Gasteiger partial charge in [0.15, 0.2) is 5.82 Å². The zero-order valence-electron chi connectivity index (χ0n) is 15.2. The zero-order valence-corrected chi connectivity index (χ0v) is 17.0. The standard InChI is InChI=1S/C18H24N4O3S2/c1-2-3-4-5-8-11-27-14-10-7-6-9-13(14)16(18(25)26)17-19-20-21-22(17)12-15(23)24/h6-7,9-10,16H,2-5,8,11-12H2,1H3,(H,23,24)(H,25,26). The number of aromatic nitrogens is 4. The minimum atomic E-state index is -1.08. The van der Waals surface area contributed by atoms with Crippen molar-refractivity contribution in [2.75, 3.05) is 5.75 Å². The van der Waals surface area contributed by atoms with Crippen molar-refractivity contribution in [1.29, 1.82) is 0 Å². The van der Waals surface area contributed by atoms with Gasteiger partial charge in [0.2, 0.25) is 5.12 Å². The number of carboxylic acid groups (broad SMARTS) is 1. The van der Waals surface area contributed by atoms with Crippen LogP contribution in [0.25, 0.3) is 0 Å². The Hall–Kier alpha value is -1.87. The molecule has 0 fully saturated rings. The average molecular weight is 409 g/mol. The molecule has 0 aliphatic carbocycles. The monoisotopic (exact) mass is 408 g/mol. The van der Waals surface area contributed by atoms with Crippen molar-refractivity contribution in [3.05, 3.63) is 35.7 Å². The van der Waals surface area contributed by atoms with Crippen molar-refractivity contribution >= 4 is 35.5 Å². The lowest BCUT2D eigenvalue weighted by atomic mass is 9.99. The molecule has 0 saturated carbocycles. The minimum Gasteiger partial charge on any atom is -0.480 e. The summed E-state index contributed by atoms with van der Waals surface area (Å²) in [5.74, 6) is -0.752. The fourth-order valence-corrected chi connectivity index (χ4v) is 4.13. The van der Waals surface area contributed by atoms with Crippen molar-refractivity contribution in [2.45, 2.75) is 56.4 Å². The highest BCUT2D eigenvalue weighted by atomic mass is 32.2. The Morgan fingerprint density at radius 3 is 2.67 bits per heavy atom. The van der Waals surface area contributed by atoms with Gasteiger partial charge < -0.3 is 5.11 Å². The molecule has 0 aliphatic rings. The highest BCUT2D eigenvalue weighted by Crippen LogP contribution is 2.34. The van der Waals surface area contributed by atoms with Gasteiger partial charge in [0.1, 0.15) is 12.5 Å². The first-order chi connectivity index (χ1) is 13.0. The van der Waals surface area contributed by atoms with E-state index in [0.29, 0.717) is 0 Å². The summed E-state index contributed by atoms with van der Waals surface area (Å²) in [6.45, 7) is 1.78. The molecule has 0 aliphatic heterocycles. The number of thiol groups is 1. The fraction of sp³-hybridized carbons (Fsp3) is 0.500. The summed E-state index contributed by atoms with van der Waals surface area (Å²) < 4.78 is 1.13. The molecule has 1 unspecified atom stereocenters. The molecule has 9 heteroatoms. The van der Waals surface area contributed by atoms with E-state index in [1.54, 1.807) is 11.8 Å². The second-order valence-corrected chi connectivity index (χ2v) is 7.74. The lowest BCUT2D eigenvalue weighted by Crippen LogP contribution is -2.20. The summed E-state index contributed by atoms with van der Waals surface area (Å²) in [4.78, 5) is 24.3. The molecular formula is C18H24N4O3S2. The number of carboxylic acids is 1. The van der Waals surface area contributed by atoms with E-state index >= 15 is 0 Å². The highest BCUT2D eigenvalue weighted by molar-refractivity contribution is 7.99. The van der Waals surface area contributed by atoms with Crippen LogP contribution in [0.2, 0.25) is 0 Å². The normalized spacial score (nSPS) is 12.1.